The van der Waals surface area contributed by atoms with E-state index in [1.807, 2.05) is 0 Å². The van der Waals surface area contributed by atoms with E-state index < -0.39 is 11.7 Å². The van der Waals surface area contributed by atoms with Crippen molar-refractivity contribution in [2.75, 3.05) is 11.9 Å². The highest BCUT2D eigenvalue weighted by Gasteiger charge is 2.15. The summed E-state index contributed by atoms with van der Waals surface area (Å²) in [4.78, 5) is 27.5. The van der Waals surface area contributed by atoms with Crippen molar-refractivity contribution in [3.63, 3.8) is 0 Å². The Morgan fingerprint density at radius 2 is 1.79 bits per heavy atom. The first-order chi connectivity index (χ1) is 13.5. The number of rotatable bonds is 8. The van der Waals surface area contributed by atoms with Crippen LogP contribution in [0.3, 0.4) is 0 Å². The second kappa shape index (κ2) is 9.18. The number of alkyl halides is 2. The molecule has 0 spiro atoms. The molecule has 0 aliphatic rings. The van der Waals surface area contributed by atoms with Gasteiger partial charge in [-0.1, -0.05) is 23.9 Å². The third kappa shape index (κ3) is 5.20. The van der Waals surface area contributed by atoms with Gasteiger partial charge in [0.15, 0.2) is 6.61 Å². The number of nitrogens with one attached hydrogen (secondary N) is 2. The maximum atomic E-state index is 12.4. The van der Waals surface area contributed by atoms with Gasteiger partial charge in [0.05, 0.1) is 16.9 Å². The lowest BCUT2D eigenvalue weighted by Crippen LogP contribution is -2.15. The van der Waals surface area contributed by atoms with Gasteiger partial charge in [-0.2, -0.15) is 8.78 Å². The minimum Gasteiger partial charge on any atom is -0.454 e. The first-order valence-corrected chi connectivity index (χ1v) is 9.15. The number of aromatic amines is 1. The number of Topliss-reactive ketones (excluding diaryl/α,β-unsaturated/α-hetero) is 1. The Balaban J connectivity index is 1.66. The monoisotopic (exact) mass is 402 g/mol. The van der Waals surface area contributed by atoms with Crippen LogP contribution in [0.4, 0.5) is 20.2 Å². The van der Waals surface area contributed by atoms with Crippen molar-refractivity contribution in [3.05, 3.63) is 78.1 Å². The number of ether oxygens (including phenoxy) is 1. The van der Waals surface area contributed by atoms with Gasteiger partial charge < -0.3 is 15.0 Å². The number of hydrogen-bond donors (Lipinski definition) is 2. The topological polar surface area (TPSA) is 71.2 Å². The van der Waals surface area contributed by atoms with Crippen molar-refractivity contribution >= 4 is 34.9 Å². The maximum absolute atomic E-state index is 12.4. The number of thioether (sulfide) groups is 1. The number of H-pyrrole nitrogens is 1. The minimum absolute atomic E-state index is 0.257. The first-order valence-electron chi connectivity index (χ1n) is 8.27. The zero-order chi connectivity index (χ0) is 19.9. The first kappa shape index (κ1) is 19.6. The number of carbonyl (C=O) groups is 2. The molecule has 0 saturated carbocycles. The highest BCUT2D eigenvalue weighted by atomic mass is 32.2. The van der Waals surface area contributed by atoms with E-state index in [4.69, 9.17) is 4.74 Å². The van der Waals surface area contributed by atoms with E-state index in [0.717, 1.165) is 0 Å². The molecule has 5 nitrogen and oxygen atoms in total. The van der Waals surface area contributed by atoms with Crippen molar-refractivity contribution in [1.29, 1.82) is 0 Å². The molecular weight excluding hydrogens is 386 g/mol. The molecule has 0 bridgehead atoms. The van der Waals surface area contributed by atoms with Gasteiger partial charge in [-0.25, -0.2) is 4.79 Å². The van der Waals surface area contributed by atoms with Gasteiger partial charge in [-0.3, -0.25) is 4.79 Å². The number of ketones is 1. The number of anilines is 2. The van der Waals surface area contributed by atoms with Crippen LogP contribution in [0.1, 0.15) is 20.8 Å². The Hall–Kier alpha value is -3.13. The number of hydrogen-bond acceptors (Lipinski definition) is 5. The Bertz CT molecular complexity index is 944. The van der Waals surface area contributed by atoms with Crippen molar-refractivity contribution < 1.29 is 23.1 Å². The van der Waals surface area contributed by atoms with E-state index in [1.54, 1.807) is 66.9 Å². The van der Waals surface area contributed by atoms with Gasteiger partial charge in [0.2, 0.25) is 5.78 Å². The van der Waals surface area contributed by atoms with E-state index in [2.05, 4.69) is 10.3 Å². The van der Waals surface area contributed by atoms with E-state index in [0.29, 0.717) is 33.7 Å². The molecule has 3 aromatic rings. The summed E-state index contributed by atoms with van der Waals surface area (Å²) in [5, 5.41) is 3.06. The van der Waals surface area contributed by atoms with E-state index in [1.165, 1.54) is 0 Å². The molecule has 0 fully saturated rings. The summed E-state index contributed by atoms with van der Waals surface area (Å²) in [5.74, 6) is -3.47. The molecule has 2 N–H and O–H groups in total. The number of esters is 1. The fraction of sp³-hybridized carbons (Fsp3) is 0.100. The molecule has 3 rings (SSSR count). The van der Waals surface area contributed by atoms with Gasteiger partial charge in [0, 0.05) is 16.8 Å². The molecule has 0 unspecified atom stereocenters. The molecule has 1 heterocycles. The molecule has 2 aromatic carbocycles. The zero-order valence-electron chi connectivity index (χ0n) is 14.5. The average Bonchev–Trinajstić information content (AvgIpc) is 3.22. The molecule has 0 atom stereocenters. The van der Waals surface area contributed by atoms with E-state index in [9.17, 15) is 18.4 Å². The van der Waals surface area contributed by atoms with Crippen LogP contribution in [0.25, 0.3) is 0 Å². The molecule has 0 aliphatic carbocycles. The lowest BCUT2D eigenvalue weighted by Gasteiger charge is -2.12. The Labute approximate surface area is 164 Å². The van der Waals surface area contributed by atoms with Gasteiger partial charge in [-0.05, 0) is 48.5 Å². The van der Waals surface area contributed by atoms with Gasteiger partial charge in [-0.15, -0.1) is 0 Å². The highest BCUT2D eigenvalue weighted by Crippen LogP contribution is 2.28. The van der Waals surface area contributed by atoms with Gasteiger partial charge in [0.1, 0.15) is 0 Å². The van der Waals surface area contributed by atoms with Crippen LogP contribution in [-0.2, 0) is 4.74 Å². The number of benzene rings is 2. The van der Waals surface area contributed by atoms with Crippen LogP contribution in [0.15, 0.2) is 71.8 Å². The summed E-state index contributed by atoms with van der Waals surface area (Å²) in [6, 6.07) is 16.4. The van der Waals surface area contributed by atoms with E-state index in [-0.39, 0.29) is 18.0 Å². The molecule has 0 saturated heterocycles. The minimum atomic E-state index is -2.48. The summed E-state index contributed by atoms with van der Waals surface area (Å²) in [7, 11) is 0. The standard InChI is InChI=1S/C20H16F2N2O3S/c21-20(22)28-14-9-7-13(8-10-14)24-16-5-2-1-4-15(16)19(26)27-12-18(25)17-6-3-11-23-17/h1-11,20,23-24H,12H2. The van der Waals surface area contributed by atoms with Crippen LogP contribution in [0, 0.1) is 0 Å². The highest BCUT2D eigenvalue weighted by molar-refractivity contribution is 7.99. The lowest BCUT2D eigenvalue weighted by atomic mass is 10.1. The molecule has 28 heavy (non-hydrogen) atoms. The summed E-state index contributed by atoms with van der Waals surface area (Å²) in [6.07, 6.45) is 1.61. The summed E-state index contributed by atoms with van der Waals surface area (Å²) < 4.78 is 29.9. The number of para-hydroxylation sites is 1. The fourth-order valence-electron chi connectivity index (χ4n) is 2.44. The quantitative estimate of drug-likeness (QED) is 0.311. The Morgan fingerprint density at radius 1 is 1.04 bits per heavy atom. The van der Waals surface area contributed by atoms with Crippen LogP contribution in [0.5, 0.6) is 0 Å². The molecule has 1 aromatic heterocycles. The van der Waals surface area contributed by atoms with Crippen molar-refractivity contribution in [2.45, 2.75) is 10.7 Å². The molecule has 0 amide bonds. The van der Waals surface area contributed by atoms with Gasteiger partial charge in [0.25, 0.3) is 5.76 Å². The summed E-state index contributed by atoms with van der Waals surface area (Å²) >= 11 is 0.460. The number of aromatic nitrogens is 1. The zero-order valence-corrected chi connectivity index (χ0v) is 15.3. The third-order valence-electron chi connectivity index (χ3n) is 3.74. The van der Waals surface area contributed by atoms with Crippen molar-refractivity contribution in [3.8, 4) is 0 Å². The van der Waals surface area contributed by atoms with Gasteiger partial charge >= 0.3 is 5.97 Å². The largest absolute Gasteiger partial charge is 0.454 e. The Morgan fingerprint density at radius 3 is 2.46 bits per heavy atom. The average molecular weight is 402 g/mol. The van der Waals surface area contributed by atoms with Crippen molar-refractivity contribution in [2.24, 2.45) is 0 Å². The summed E-state index contributed by atoms with van der Waals surface area (Å²) in [6.45, 7) is -0.382. The molecule has 8 heteroatoms. The molecule has 144 valence electrons. The number of carbonyl (C=O) groups excluding carboxylic acids is 2. The third-order valence-corrected chi connectivity index (χ3v) is 4.46. The summed E-state index contributed by atoms with van der Waals surface area (Å²) in [5.41, 5.74) is 1.73. The second-order valence-electron chi connectivity index (χ2n) is 5.66. The maximum Gasteiger partial charge on any atom is 0.340 e. The van der Waals surface area contributed by atoms with Crippen molar-refractivity contribution in [1.82, 2.24) is 4.98 Å². The Kier molecular flexibility index (Phi) is 6.44. The molecular formula is C20H16F2N2O3S. The van der Waals surface area contributed by atoms with Crippen LogP contribution < -0.4 is 5.32 Å². The van der Waals surface area contributed by atoms with Crippen LogP contribution in [0.2, 0.25) is 0 Å². The normalized spacial score (nSPS) is 10.7. The molecule has 0 radical (unpaired) electrons. The predicted octanol–water partition coefficient (Wildman–Crippen LogP) is 5.11. The second-order valence-corrected chi connectivity index (χ2v) is 6.72. The van der Waals surface area contributed by atoms with Crippen LogP contribution in [-0.4, -0.2) is 29.1 Å². The smallest absolute Gasteiger partial charge is 0.340 e. The van der Waals surface area contributed by atoms with Crippen LogP contribution >= 0.6 is 11.8 Å². The lowest BCUT2D eigenvalue weighted by molar-refractivity contribution is 0.0474. The fourth-order valence-corrected chi connectivity index (χ4v) is 2.93. The number of halogens is 2. The molecule has 0 aliphatic heterocycles. The van der Waals surface area contributed by atoms with E-state index >= 15 is 0 Å². The SMILES string of the molecule is O=C(COC(=O)c1ccccc1Nc1ccc(SC(F)F)cc1)c1ccc[nH]1. The predicted molar refractivity (Wildman–Crippen MR) is 103 cm³/mol.